The predicted octanol–water partition coefficient (Wildman–Crippen LogP) is 4.74. The van der Waals surface area contributed by atoms with Gasteiger partial charge in [0.15, 0.2) is 0 Å². The average Bonchev–Trinajstić information content (AvgIpc) is 2.70. The van der Waals surface area contributed by atoms with Crippen molar-refractivity contribution in [3.8, 4) is 0 Å². The first kappa shape index (κ1) is 17.9. The number of hydrogen-bond acceptors (Lipinski definition) is 3. The minimum absolute atomic E-state index is 0.0159. The van der Waals surface area contributed by atoms with Gasteiger partial charge >= 0.3 is 0 Å². The number of sulfonamides is 1. The number of halogens is 3. The highest BCUT2D eigenvalue weighted by atomic mass is 79.9. The van der Waals surface area contributed by atoms with Crippen LogP contribution in [-0.4, -0.2) is 30.6 Å². The van der Waals surface area contributed by atoms with E-state index in [4.69, 9.17) is 11.6 Å². The molecule has 0 saturated heterocycles. The van der Waals surface area contributed by atoms with Gasteiger partial charge in [-0.15, -0.1) is 11.3 Å². The average molecular weight is 454 g/mol. The Hall–Kier alpha value is 0.860. The molecule has 0 radical (unpaired) electrons. The molecule has 0 unspecified atom stereocenters. The van der Waals surface area contributed by atoms with Crippen LogP contribution in [0.1, 0.15) is 26.7 Å². The molecular weight excluding hydrogens is 438 g/mol. The van der Waals surface area contributed by atoms with Crippen molar-refractivity contribution >= 4 is 64.8 Å². The normalized spacial score (nSPS) is 12.6. The van der Waals surface area contributed by atoms with E-state index in [-0.39, 0.29) is 10.3 Å². The third-order valence-corrected chi connectivity index (χ3v) is 8.07. The maximum atomic E-state index is 12.7. The first-order valence-electron chi connectivity index (χ1n) is 5.91. The van der Waals surface area contributed by atoms with Crippen molar-refractivity contribution in [2.45, 2.75) is 36.9 Å². The maximum absolute atomic E-state index is 12.7. The predicted molar refractivity (Wildman–Crippen MR) is 89.1 cm³/mol. The molecular formula is C11H16Br2ClNO2S2. The van der Waals surface area contributed by atoms with Gasteiger partial charge in [0.25, 0.3) is 10.0 Å². The molecule has 19 heavy (non-hydrogen) atoms. The highest BCUT2D eigenvalue weighted by Crippen LogP contribution is 2.36. The summed E-state index contributed by atoms with van der Waals surface area (Å²) >= 11 is 13.7. The van der Waals surface area contributed by atoms with E-state index >= 15 is 0 Å². The van der Waals surface area contributed by atoms with E-state index in [0.717, 1.165) is 24.2 Å². The first-order chi connectivity index (χ1) is 8.88. The molecule has 1 heterocycles. The number of nitrogens with zero attached hydrogens (tertiary/aromatic N) is 1. The summed E-state index contributed by atoms with van der Waals surface area (Å²) in [5.41, 5.74) is 0. The molecule has 110 valence electrons. The van der Waals surface area contributed by atoms with Gasteiger partial charge in [0.2, 0.25) is 0 Å². The first-order valence-corrected chi connectivity index (χ1v) is 10.5. The van der Waals surface area contributed by atoms with Crippen molar-refractivity contribution in [2.24, 2.45) is 0 Å². The maximum Gasteiger partial charge on any atom is 0.252 e. The molecule has 0 amide bonds. The van der Waals surface area contributed by atoms with Gasteiger partial charge in [-0.2, -0.15) is 4.31 Å². The topological polar surface area (TPSA) is 37.4 Å². The van der Waals surface area contributed by atoms with E-state index in [1.54, 1.807) is 4.31 Å². The monoisotopic (exact) mass is 451 g/mol. The van der Waals surface area contributed by atoms with E-state index in [9.17, 15) is 8.42 Å². The fourth-order valence-corrected chi connectivity index (χ4v) is 6.77. The Morgan fingerprint density at radius 3 is 2.37 bits per heavy atom. The largest absolute Gasteiger partial charge is 0.252 e. The van der Waals surface area contributed by atoms with Crippen LogP contribution in [0.5, 0.6) is 0 Å². The van der Waals surface area contributed by atoms with E-state index in [1.165, 1.54) is 6.07 Å². The summed E-state index contributed by atoms with van der Waals surface area (Å²) in [5.74, 6) is 0. The second-order valence-corrected chi connectivity index (χ2v) is 9.65. The van der Waals surface area contributed by atoms with Crippen molar-refractivity contribution < 1.29 is 8.42 Å². The van der Waals surface area contributed by atoms with Gasteiger partial charge in [-0.3, -0.25) is 0 Å². The quantitative estimate of drug-likeness (QED) is 0.560. The van der Waals surface area contributed by atoms with Crippen molar-refractivity contribution in [1.29, 1.82) is 0 Å². The summed E-state index contributed by atoms with van der Waals surface area (Å²) < 4.78 is 27.9. The van der Waals surface area contributed by atoms with Crippen molar-refractivity contribution in [1.82, 2.24) is 4.31 Å². The van der Waals surface area contributed by atoms with Crippen LogP contribution in [0.3, 0.4) is 0 Å². The lowest BCUT2D eigenvalue weighted by molar-refractivity contribution is 0.318. The van der Waals surface area contributed by atoms with E-state index in [1.807, 2.05) is 13.8 Å². The van der Waals surface area contributed by atoms with E-state index in [2.05, 4.69) is 31.9 Å². The van der Waals surface area contributed by atoms with Gasteiger partial charge < -0.3 is 0 Å². The molecule has 0 aliphatic heterocycles. The summed E-state index contributed by atoms with van der Waals surface area (Å²) in [6.45, 7) is 4.46. The number of alkyl halides is 1. The molecule has 1 aromatic rings. The summed E-state index contributed by atoms with van der Waals surface area (Å²) in [4.78, 5) is 0. The lowest BCUT2D eigenvalue weighted by Crippen LogP contribution is -2.40. The Kier molecular flexibility index (Phi) is 7.31. The minimum Gasteiger partial charge on any atom is -0.206 e. The molecule has 0 spiro atoms. The Balaban J connectivity index is 3.19. The van der Waals surface area contributed by atoms with E-state index in [0.29, 0.717) is 20.7 Å². The molecule has 0 fully saturated rings. The van der Waals surface area contributed by atoms with Crippen molar-refractivity contribution in [3.63, 3.8) is 0 Å². The Morgan fingerprint density at radius 2 is 2.00 bits per heavy atom. The second kappa shape index (κ2) is 7.75. The Morgan fingerprint density at radius 1 is 1.42 bits per heavy atom. The van der Waals surface area contributed by atoms with E-state index < -0.39 is 10.0 Å². The summed E-state index contributed by atoms with van der Waals surface area (Å²) in [5, 5.41) is 1.05. The molecule has 3 nitrogen and oxygen atoms in total. The molecule has 0 atom stereocenters. The van der Waals surface area contributed by atoms with Gasteiger partial charge in [0, 0.05) is 17.9 Å². The van der Waals surface area contributed by atoms with Crippen molar-refractivity contribution in [3.05, 3.63) is 14.9 Å². The molecule has 0 N–H and O–H groups in total. The molecule has 1 rings (SSSR count). The van der Waals surface area contributed by atoms with Gasteiger partial charge in [-0.05, 0) is 34.8 Å². The molecule has 0 bridgehead atoms. The molecule has 1 aromatic heterocycles. The van der Waals surface area contributed by atoms with Gasteiger partial charge in [0.1, 0.15) is 4.21 Å². The van der Waals surface area contributed by atoms with Crippen LogP contribution in [0.25, 0.3) is 0 Å². The highest BCUT2D eigenvalue weighted by Gasteiger charge is 2.31. The molecule has 8 heteroatoms. The fraction of sp³-hybridized carbons (Fsp3) is 0.636. The molecule has 0 aliphatic carbocycles. The molecule has 0 saturated carbocycles. The van der Waals surface area contributed by atoms with Gasteiger partial charge in [0.05, 0.1) is 8.81 Å². The van der Waals surface area contributed by atoms with Crippen molar-refractivity contribution in [2.75, 3.05) is 11.9 Å². The zero-order chi connectivity index (χ0) is 14.6. The minimum atomic E-state index is -3.48. The van der Waals surface area contributed by atoms with Crippen LogP contribution >= 0.6 is 54.8 Å². The third-order valence-electron chi connectivity index (χ3n) is 2.84. The summed E-state index contributed by atoms with van der Waals surface area (Å²) in [6.07, 6.45) is 1.59. The molecule has 0 aromatic carbocycles. The number of rotatable bonds is 7. The smallest absolute Gasteiger partial charge is 0.206 e. The van der Waals surface area contributed by atoms with Gasteiger partial charge in [-0.1, -0.05) is 41.4 Å². The fourth-order valence-electron chi connectivity index (χ4n) is 1.85. The van der Waals surface area contributed by atoms with Crippen LogP contribution in [0.2, 0.25) is 5.02 Å². The van der Waals surface area contributed by atoms with Crippen LogP contribution < -0.4 is 0 Å². The number of thiophene rings is 1. The van der Waals surface area contributed by atoms with Crippen LogP contribution in [0, 0.1) is 0 Å². The molecule has 0 aliphatic rings. The zero-order valence-corrected chi connectivity index (χ0v) is 16.3. The van der Waals surface area contributed by atoms with Gasteiger partial charge in [-0.25, -0.2) is 8.42 Å². The summed E-state index contributed by atoms with van der Waals surface area (Å²) in [6, 6.07) is 1.53. The lowest BCUT2D eigenvalue weighted by atomic mass is 10.2. The Bertz CT molecular complexity index is 495. The lowest BCUT2D eigenvalue weighted by Gasteiger charge is -2.28. The highest BCUT2D eigenvalue weighted by molar-refractivity contribution is 9.11. The standard InChI is InChI=1S/C11H16Br2ClNO2S2/c1-3-8(4-2)15(6-5-12)19(16,17)10-7-9(14)11(13)18-10/h7-8H,3-6H2,1-2H3. The van der Waals surface area contributed by atoms with Crippen LogP contribution in [-0.2, 0) is 10.0 Å². The second-order valence-electron chi connectivity index (χ2n) is 3.96. The zero-order valence-electron chi connectivity index (χ0n) is 10.7. The number of hydrogen-bond donors (Lipinski definition) is 0. The summed E-state index contributed by atoms with van der Waals surface area (Å²) in [7, 11) is -3.48. The third kappa shape index (κ3) is 4.17. The van der Waals surface area contributed by atoms with Crippen LogP contribution in [0.15, 0.2) is 14.1 Å². The SMILES string of the molecule is CCC(CC)N(CCBr)S(=O)(=O)c1cc(Cl)c(Br)s1. The van der Waals surface area contributed by atoms with Crippen LogP contribution in [0.4, 0.5) is 0 Å². The Labute approximate surface area is 140 Å².